The fourth-order valence-electron chi connectivity index (χ4n) is 3.50. The fraction of sp³-hybridized carbons (Fsp3) is 0.350. The Balaban J connectivity index is 2.04. The van der Waals surface area contributed by atoms with Crippen LogP contribution < -0.4 is 15.7 Å². The molecule has 1 atom stereocenters. The Morgan fingerprint density at radius 2 is 1.56 bits per heavy atom. The highest BCUT2D eigenvalue weighted by atomic mass is 28.4. The van der Waals surface area contributed by atoms with Crippen LogP contribution in [0.3, 0.4) is 0 Å². The van der Waals surface area contributed by atoms with Crippen LogP contribution in [0.1, 0.15) is 20.8 Å². The lowest BCUT2D eigenvalue weighted by molar-refractivity contribution is 0.101. The first-order valence-electron chi connectivity index (χ1n) is 8.63. The average Bonchev–Trinajstić information content (AvgIpc) is 3.02. The van der Waals surface area contributed by atoms with E-state index in [1.165, 1.54) is 10.4 Å². The summed E-state index contributed by atoms with van der Waals surface area (Å²) in [6.07, 6.45) is -0.606. The van der Waals surface area contributed by atoms with Crippen molar-refractivity contribution in [3.05, 3.63) is 60.7 Å². The van der Waals surface area contributed by atoms with Crippen molar-refractivity contribution in [3.8, 4) is 0 Å². The Labute approximate surface area is 150 Å². The molecule has 0 aromatic heterocycles. The highest BCUT2D eigenvalue weighted by molar-refractivity contribution is 6.99. The van der Waals surface area contributed by atoms with Crippen molar-refractivity contribution < 1.29 is 14.0 Å². The molecule has 1 fully saturated rings. The minimum Gasteiger partial charge on any atom is -0.442 e. The van der Waals surface area contributed by atoms with Crippen molar-refractivity contribution >= 4 is 24.8 Å². The van der Waals surface area contributed by atoms with Crippen molar-refractivity contribution in [1.82, 2.24) is 5.32 Å². The zero-order valence-electron chi connectivity index (χ0n) is 15.0. The van der Waals surface area contributed by atoms with Crippen LogP contribution in [-0.4, -0.2) is 33.7 Å². The Morgan fingerprint density at radius 3 is 1.96 bits per heavy atom. The molecule has 0 aliphatic carbocycles. The summed E-state index contributed by atoms with van der Waals surface area (Å²) in [6, 6.07) is 20.9. The predicted molar refractivity (Wildman–Crippen MR) is 102 cm³/mol. The van der Waals surface area contributed by atoms with Gasteiger partial charge in [0.1, 0.15) is 6.10 Å². The van der Waals surface area contributed by atoms with E-state index in [1.54, 1.807) is 0 Å². The van der Waals surface area contributed by atoms with Crippen LogP contribution in [0.25, 0.3) is 0 Å². The molecule has 25 heavy (non-hydrogen) atoms. The van der Waals surface area contributed by atoms with Gasteiger partial charge in [0.25, 0.3) is 8.32 Å². The minimum absolute atomic E-state index is 0.0776. The molecule has 0 saturated carbocycles. The number of rotatable bonds is 5. The van der Waals surface area contributed by atoms with E-state index in [-0.39, 0.29) is 17.2 Å². The quantitative estimate of drug-likeness (QED) is 0.839. The molecular weight excluding hydrogens is 330 g/mol. The van der Waals surface area contributed by atoms with Gasteiger partial charge < -0.3 is 14.5 Å². The number of carbonyl (C=O) groups excluding carboxylic acids is 1. The largest absolute Gasteiger partial charge is 0.442 e. The summed E-state index contributed by atoms with van der Waals surface area (Å²) in [4.78, 5) is 11.3. The van der Waals surface area contributed by atoms with Crippen LogP contribution in [0.4, 0.5) is 4.79 Å². The molecule has 2 aromatic carbocycles. The third kappa shape index (κ3) is 3.48. The van der Waals surface area contributed by atoms with Crippen molar-refractivity contribution in [2.75, 3.05) is 13.2 Å². The first-order valence-corrected chi connectivity index (χ1v) is 10.5. The molecule has 1 saturated heterocycles. The number of hydrogen-bond acceptors (Lipinski definition) is 3. The first kappa shape index (κ1) is 17.7. The lowest BCUT2D eigenvalue weighted by Crippen LogP contribution is -2.67. The van der Waals surface area contributed by atoms with Gasteiger partial charge in [0.2, 0.25) is 0 Å². The molecule has 1 heterocycles. The minimum atomic E-state index is -2.56. The number of benzene rings is 2. The zero-order valence-corrected chi connectivity index (χ0v) is 16.0. The van der Waals surface area contributed by atoms with E-state index in [9.17, 15) is 4.79 Å². The van der Waals surface area contributed by atoms with Crippen LogP contribution in [-0.2, 0) is 9.16 Å². The first-order chi connectivity index (χ1) is 11.9. The van der Waals surface area contributed by atoms with Crippen molar-refractivity contribution in [3.63, 3.8) is 0 Å². The normalized spacial score (nSPS) is 17.9. The van der Waals surface area contributed by atoms with Gasteiger partial charge in [-0.3, -0.25) is 0 Å². The molecule has 2 aromatic rings. The SMILES string of the molecule is CC(C)(C)[Si](OC[C@@H]1CNC(=O)O1)(c1ccccc1)c1ccccc1. The number of amides is 1. The van der Waals surface area contributed by atoms with E-state index < -0.39 is 8.32 Å². The topological polar surface area (TPSA) is 47.6 Å². The second-order valence-electron chi connectivity index (χ2n) is 7.38. The highest BCUT2D eigenvalue weighted by Gasteiger charge is 2.50. The molecule has 0 unspecified atom stereocenters. The number of hydrogen-bond donors (Lipinski definition) is 1. The number of cyclic esters (lactones) is 1. The fourth-order valence-corrected chi connectivity index (χ4v) is 8.10. The van der Waals surface area contributed by atoms with Crippen LogP contribution in [0.15, 0.2) is 60.7 Å². The smallest absolute Gasteiger partial charge is 0.407 e. The van der Waals surface area contributed by atoms with Crippen LogP contribution in [0.5, 0.6) is 0 Å². The molecule has 0 bridgehead atoms. The van der Waals surface area contributed by atoms with Gasteiger partial charge in [-0.2, -0.15) is 0 Å². The average molecular weight is 356 g/mol. The van der Waals surface area contributed by atoms with Gasteiger partial charge in [0.15, 0.2) is 0 Å². The zero-order chi connectivity index (χ0) is 17.9. The number of ether oxygens (including phenoxy) is 1. The molecule has 1 amide bonds. The molecule has 3 rings (SSSR count). The molecular formula is C20H25NO3Si. The standard InChI is InChI=1S/C20H25NO3Si/c1-20(2,3)25(17-10-6-4-7-11-17,18-12-8-5-9-13-18)23-15-16-14-21-19(22)24-16/h4-13,16H,14-15H2,1-3H3,(H,21,22)/t16-/m0/s1. The summed E-state index contributed by atoms with van der Waals surface area (Å²) in [5, 5.41) is 5.08. The number of nitrogens with one attached hydrogen (secondary N) is 1. The molecule has 4 nitrogen and oxygen atoms in total. The van der Waals surface area contributed by atoms with Gasteiger partial charge in [0, 0.05) is 0 Å². The third-order valence-electron chi connectivity index (χ3n) is 4.65. The molecule has 0 radical (unpaired) electrons. The summed E-state index contributed by atoms with van der Waals surface area (Å²) in [6.45, 7) is 7.59. The summed E-state index contributed by atoms with van der Waals surface area (Å²) < 4.78 is 12.0. The summed E-state index contributed by atoms with van der Waals surface area (Å²) in [5.41, 5.74) is 0. The predicted octanol–water partition coefficient (Wildman–Crippen LogP) is 2.67. The molecule has 5 heteroatoms. The Bertz CT molecular complexity index is 673. The van der Waals surface area contributed by atoms with Gasteiger partial charge in [-0.1, -0.05) is 81.4 Å². The van der Waals surface area contributed by atoms with Gasteiger partial charge in [-0.15, -0.1) is 0 Å². The van der Waals surface area contributed by atoms with E-state index in [0.717, 1.165) is 0 Å². The molecule has 132 valence electrons. The second kappa shape index (κ2) is 7.02. The molecule has 0 spiro atoms. The van der Waals surface area contributed by atoms with Gasteiger partial charge in [-0.25, -0.2) is 4.79 Å². The van der Waals surface area contributed by atoms with Crippen LogP contribution in [0, 0.1) is 0 Å². The van der Waals surface area contributed by atoms with E-state index in [0.29, 0.717) is 13.2 Å². The number of carbonyl (C=O) groups is 1. The second-order valence-corrected chi connectivity index (χ2v) is 11.7. The maximum absolute atomic E-state index is 11.3. The summed E-state index contributed by atoms with van der Waals surface area (Å²) in [7, 11) is -2.56. The Hall–Kier alpha value is -2.11. The lowest BCUT2D eigenvalue weighted by Gasteiger charge is -2.43. The van der Waals surface area contributed by atoms with E-state index in [2.05, 4.69) is 74.6 Å². The van der Waals surface area contributed by atoms with Crippen LogP contribution in [0.2, 0.25) is 5.04 Å². The van der Waals surface area contributed by atoms with E-state index in [4.69, 9.17) is 9.16 Å². The van der Waals surface area contributed by atoms with Crippen molar-refractivity contribution in [2.45, 2.75) is 31.9 Å². The van der Waals surface area contributed by atoms with E-state index >= 15 is 0 Å². The summed E-state index contributed by atoms with van der Waals surface area (Å²) >= 11 is 0. The van der Waals surface area contributed by atoms with Crippen LogP contribution >= 0.6 is 0 Å². The lowest BCUT2D eigenvalue weighted by atomic mass is 10.2. The third-order valence-corrected chi connectivity index (χ3v) is 9.66. The van der Waals surface area contributed by atoms with Crippen molar-refractivity contribution in [2.24, 2.45) is 0 Å². The Morgan fingerprint density at radius 1 is 1.04 bits per heavy atom. The maximum atomic E-state index is 11.3. The number of alkyl carbamates (subject to hydrolysis) is 1. The van der Waals surface area contributed by atoms with Gasteiger partial charge >= 0.3 is 6.09 Å². The summed E-state index contributed by atoms with van der Waals surface area (Å²) in [5.74, 6) is 0. The highest BCUT2D eigenvalue weighted by Crippen LogP contribution is 2.36. The molecule has 1 aliphatic heterocycles. The van der Waals surface area contributed by atoms with Gasteiger partial charge in [0.05, 0.1) is 13.2 Å². The van der Waals surface area contributed by atoms with E-state index in [1.807, 2.05) is 12.1 Å². The maximum Gasteiger partial charge on any atom is 0.407 e. The molecule has 1 aliphatic rings. The Kier molecular flexibility index (Phi) is 4.97. The molecule has 1 N–H and O–H groups in total. The van der Waals surface area contributed by atoms with Crippen molar-refractivity contribution in [1.29, 1.82) is 0 Å². The van der Waals surface area contributed by atoms with Gasteiger partial charge in [-0.05, 0) is 15.4 Å². The monoisotopic (exact) mass is 355 g/mol.